The van der Waals surface area contributed by atoms with Gasteiger partial charge >= 0.3 is 0 Å². The summed E-state index contributed by atoms with van der Waals surface area (Å²) in [6.07, 6.45) is 5.18. The van der Waals surface area contributed by atoms with Gasteiger partial charge in [-0.15, -0.1) is 0 Å². The Morgan fingerprint density at radius 1 is 1.38 bits per heavy atom. The molecule has 0 bridgehead atoms. The lowest BCUT2D eigenvalue weighted by atomic mass is 10.2. The third-order valence-electron chi connectivity index (χ3n) is 4.64. The monoisotopic (exact) mass is 329 g/mol. The van der Waals surface area contributed by atoms with Crippen molar-refractivity contribution in [1.82, 2.24) is 4.90 Å². The van der Waals surface area contributed by atoms with Crippen molar-refractivity contribution < 1.29 is 9.59 Å². The van der Waals surface area contributed by atoms with Gasteiger partial charge in [-0.05, 0) is 56.3 Å². The van der Waals surface area contributed by atoms with Crippen molar-refractivity contribution in [3.8, 4) is 0 Å². The smallest absolute Gasteiger partial charge is 0.238 e. The first-order chi connectivity index (χ1) is 11.7. The number of hydrogen-bond acceptors (Lipinski definition) is 3. The van der Waals surface area contributed by atoms with Gasteiger partial charge in [0.15, 0.2) is 0 Å². The molecule has 1 saturated heterocycles. The third-order valence-corrected chi connectivity index (χ3v) is 4.64. The van der Waals surface area contributed by atoms with E-state index in [-0.39, 0.29) is 11.8 Å². The minimum Gasteiger partial charge on any atom is -0.325 e. The van der Waals surface area contributed by atoms with E-state index in [1.54, 1.807) is 4.90 Å². The van der Waals surface area contributed by atoms with Crippen LogP contribution in [0, 0.1) is 5.92 Å². The van der Waals surface area contributed by atoms with E-state index in [1.165, 1.54) is 12.8 Å². The first-order valence-electron chi connectivity index (χ1n) is 9.08. The van der Waals surface area contributed by atoms with Gasteiger partial charge in [0, 0.05) is 30.9 Å². The normalized spacial score (nSPS) is 17.6. The highest BCUT2D eigenvalue weighted by Crippen LogP contribution is 2.29. The van der Waals surface area contributed by atoms with Crippen LogP contribution in [-0.2, 0) is 9.59 Å². The number of benzene rings is 1. The SMILES string of the molecule is CCCN(CC(=O)Nc1cccc(N2CCCC2=O)c1)CC1CC1. The molecule has 1 aliphatic heterocycles. The molecule has 3 rings (SSSR count). The molecule has 0 atom stereocenters. The Bertz CT molecular complexity index is 598. The standard InChI is InChI=1S/C19H27N3O2/c1-2-10-21(13-15-8-9-15)14-18(23)20-16-5-3-6-17(12-16)22-11-4-7-19(22)24/h3,5-6,12,15H,2,4,7-11,13-14H2,1H3,(H,20,23). The Kier molecular flexibility index (Phi) is 5.51. The van der Waals surface area contributed by atoms with E-state index in [0.29, 0.717) is 13.0 Å². The lowest BCUT2D eigenvalue weighted by Crippen LogP contribution is -2.35. The van der Waals surface area contributed by atoms with Gasteiger partial charge in [-0.25, -0.2) is 0 Å². The molecule has 1 heterocycles. The Morgan fingerprint density at radius 3 is 2.88 bits per heavy atom. The quantitative estimate of drug-likeness (QED) is 0.798. The molecule has 1 N–H and O–H groups in total. The fourth-order valence-electron chi connectivity index (χ4n) is 3.29. The van der Waals surface area contributed by atoms with E-state index in [1.807, 2.05) is 24.3 Å². The Labute approximate surface area is 144 Å². The molecule has 0 aromatic heterocycles. The zero-order chi connectivity index (χ0) is 16.9. The molecule has 0 unspecified atom stereocenters. The molecule has 0 radical (unpaired) electrons. The summed E-state index contributed by atoms with van der Waals surface area (Å²) in [7, 11) is 0. The molecule has 130 valence electrons. The number of nitrogens with zero attached hydrogens (tertiary/aromatic N) is 2. The molecular weight excluding hydrogens is 302 g/mol. The van der Waals surface area contributed by atoms with Crippen LogP contribution in [0.1, 0.15) is 39.0 Å². The summed E-state index contributed by atoms with van der Waals surface area (Å²) in [5.74, 6) is 0.972. The number of hydrogen-bond donors (Lipinski definition) is 1. The minimum absolute atomic E-state index is 0.0222. The molecular formula is C19H27N3O2. The van der Waals surface area contributed by atoms with Crippen LogP contribution in [0.5, 0.6) is 0 Å². The second-order valence-corrected chi connectivity index (χ2v) is 6.93. The molecule has 2 fully saturated rings. The Hall–Kier alpha value is -1.88. The Morgan fingerprint density at radius 2 is 2.21 bits per heavy atom. The summed E-state index contributed by atoms with van der Waals surface area (Å²) in [6, 6.07) is 7.60. The predicted molar refractivity (Wildman–Crippen MR) is 96.1 cm³/mol. The van der Waals surface area contributed by atoms with Gasteiger partial charge in [-0.1, -0.05) is 13.0 Å². The summed E-state index contributed by atoms with van der Waals surface area (Å²) < 4.78 is 0. The maximum Gasteiger partial charge on any atom is 0.238 e. The van der Waals surface area contributed by atoms with Crippen LogP contribution in [0.4, 0.5) is 11.4 Å². The van der Waals surface area contributed by atoms with E-state index < -0.39 is 0 Å². The topological polar surface area (TPSA) is 52.7 Å². The largest absolute Gasteiger partial charge is 0.325 e. The van der Waals surface area contributed by atoms with E-state index in [4.69, 9.17) is 0 Å². The number of amides is 2. The number of rotatable bonds is 8. The lowest BCUT2D eigenvalue weighted by Gasteiger charge is -2.21. The van der Waals surface area contributed by atoms with Crippen LogP contribution in [-0.4, -0.2) is 42.9 Å². The first-order valence-corrected chi connectivity index (χ1v) is 9.08. The van der Waals surface area contributed by atoms with Crippen molar-refractivity contribution in [3.05, 3.63) is 24.3 Å². The van der Waals surface area contributed by atoms with Gasteiger partial charge in [0.1, 0.15) is 0 Å². The van der Waals surface area contributed by atoms with Gasteiger partial charge in [-0.3, -0.25) is 14.5 Å². The van der Waals surface area contributed by atoms with Crippen LogP contribution in [0.3, 0.4) is 0 Å². The van der Waals surface area contributed by atoms with Crippen molar-refractivity contribution in [3.63, 3.8) is 0 Å². The lowest BCUT2D eigenvalue weighted by molar-refractivity contribution is -0.118. The molecule has 1 aromatic rings. The number of nitrogens with one attached hydrogen (secondary N) is 1. The van der Waals surface area contributed by atoms with Gasteiger partial charge in [-0.2, -0.15) is 0 Å². The van der Waals surface area contributed by atoms with Crippen molar-refractivity contribution in [2.24, 2.45) is 5.92 Å². The Balaban J connectivity index is 1.58. The summed E-state index contributed by atoms with van der Waals surface area (Å²) in [4.78, 5) is 28.3. The average Bonchev–Trinajstić information content (AvgIpc) is 3.25. The number of carbonyl (C=O) groups excluding carboxylic acids is 2. The molecule has 1 aliphatic carbocycles. The highest BCUT2D eigenvalue weighted by Gasteiger charge is 2.25. The first kappa shape index (κ1) is 17.0. The second kappa shape index (κ2) is 7.79. The van der Waals surface area contributed by atoms with Gasteiger partial charge in [0.25, 0.3) is 0 Å². The van der Waals surface area contributed by atoms with Crippen molar-refractivity contribution in [2.75, 3.05) is 36.4 Å². The number of anilines is 2. The second-order valence-electron chi connectivity index (χ2n) is 6.93. The molecule has 0 spiro atoms. The predicted octanol–water partition coefficient (Wildman–Crippen LogP) is 2.87. The van der Waals surface area contributed by atoms with Gasteiger partial charge in [0.05, 0.1) is 6.54 Å². The molecule has 2 amide bonds. The van der Waals surface area contributed by atoms with E-state index in [9.17, 15) is 9.59 Å². The molecule has 24 heavy (non-hydrogen) atoms. The van der Waals surface area contributed by atoms with Gasteiger partial charge < -0.3 is 10.2 Å². The molecule has 1 aromatic carbocycles. The summed E-state index contributed by atoms with van der Waals surface area (Å²) in [5, 5.41) is 2.98. The van der Waals surface area contributed by atoms with Crippen LogP contribution in [0.25, 0.3) is 0 Å². The average molecular weight is 329 g/mol. The minimum atomic E-state index is 0.0222. The van der Waals surface area contributed by atoms with E-state index in [2.05, 4.69) is 17.1 Å². The van der Waals surface area contributed by atoms with Crippen LogP contribution < -0.4 is 10.2 Å². The van der Waals surface area contributed by atoms with Crippen LogP contribution in [0.2, 0.25) is 0 Å². The third kappa shape index (κ3) is 4.57. The fourth-order valence-corrected chi connectivity index (χ4v) is 3.29. The van der Waals surface area contributed by atoms with Crippen LogP contribution in [0.15, 0.2) is 24.3 Å². The number of carbonyl (C=O) groups is 2. The maximum absolute atomic E-state index is 12.4. The zero-order valence-electron chi connectivity index (χ0n) is 14.5. The maximum atomic E-state index is 12.4. The highest BCUT2D eigenvalue weighted by atomic mass is 16.2. The molecule has 1 saturated carbocycles. The summed E-state index contributed by atoms with van der Waals surface area (Å²) in [6.45, 7) is 5.35. The molecule has 2 aliphatic rings. The molecule has 5 nitrogen and oxygen atoms in total. The fraction of sp³-hybridized carbons (Fsp3) is 0.579. The van der Waals surface area contributed by atoms with Crippen molar-refractivity contribution in [1.29, 1.82) is 0 Å². The van der Waals surface area contributed by atoms with E-state index >= 15 is 0 Å². The van der Waals surface area contributed by atoms with Crippen LogP contribution >= 0.6 is 0 Å². The van der Waals surface area contributed by atoms with Crippen molar-refractivity contribution >= 4 is 23.2 Å². The molecule has 5 heteroatoms. The highest BCUT2D eigenvalue weighted by molar-refractivity contribution is 5.97. The van der Waals surface area contributed by atoms with Crippen molar-refractivity contribution in [2.45, 2.75) is 39.0 Å². The summed E-state index contributed by atoms with van der Waals surface area (Å²) >= 11 is 0. The zero-order valence-corrected chi connectivity index (χ0v) is 14.5. The van der Waals surface area contributed by atoms with E-state index in [0.717, 1.165) is 49.8 Å². The summed E-state index contributed by atoms with van der Waals surface area (Å²) in [5.41, 5.74) is 1.64. The van der Waals surface area contributed by atoms with Gasteiger partial charge in [0.2, 0.25) is 11.8 Å².